The minimum absolute atomic E-state index is 0. The van der Waals surface area contributed by atoms with E-state index in [4.69, 9.17) is 8.94 Å². The molecule has 3 N–H and O–H groups in total. The number of amides is 1. The van der Waals surface area contributed by atoms with Crippen molar-refractivity contribution in [1.29, 1.82) is 0 Å². The molecule has 0 aliphatic heterocycles. The van der Waals surface area contributed by atoms with E-state index in [1.807, 2.05) is 37.3 Å². The van der Waals surface area contributed by atoms with E-state index in [1.54, 1.807) is 12.1 Å². The van der Waals surface area contributed by atoms with E-state index in [1.165, 1.54) is 6.26 Å². The average molecular weight is 537 g/mol. The first-order chi connectivity index (χ1) is 14.5. The number of nitrogens with zero attached hydrogens (tertiary/aromatic N) is 2. The third-order valence-corrected chi connectivity index (χ3v) is 4.32. The van der Waals surface area contributed by atoms with Gasteiger partial charge < -0.3 is 24.9 Å². The van der Waals surface area contributed by atoms with Crippen molar-refractivity contribution in [1.82, 2.24) is 15.8 Å². The first kappa shape index (κ1) is 24.4. The SMILES string of the molecule is CCNC(=NCc1ccc(NC(=O)c2ccco2)cc1)NCc1cc(C(C)C)no1.I. The Morgan fingerprint density at radius 3 is 2.55 bits per heavy atom. The molecular formula is C22H28IN5O3. The molecule has 2 aromatic heterocycles. The smallest absolute Gasteiger partial charge is 0.291 e. The van der Waals surface area contributed by atoms with Crippen molar-refractivity contribution in [3.63, 3.8) is 0 Å². The highest BCUT2D eigenvalue weighted by molar-refractivity contribution is 14.0. The Bertz CT molecular complexity index is 965. The Kier molecular flexibility index (Phi) is 9.57. The zero-order valence-electron chi connectivity index (χ0n) is 17.8. The largest absolute Gasteiger partial charge is 0.459 e. The monoisotopic (exact) mass is 537 g/mol. The standard InChI is InChI=1S/C22H27N5O3.HI/c1-4-23-22(25-14-18-12-19(15(2)3)27-30-18)24-13-16-7-9-17(10-8-16)26-21(28)20-6-5-11-29-20;/h5-12,15H,4,13-14H2,1-3H3,(H,26,28)(H2,23,24,25);1H. The maximum absolute atomic E-state index is 12.0. The van der Waals surface area contributed by atoms with E-state index >= 15 is 0 Å². The van der Waals surface area contributed by atoms with Crippen LogP contribution in [0.5, 0.6) is 0 Å². The van der Waals surface area contributed by atoms with Crippen molar-refractivity contribution in [3.05, 3.63) is 71.5 Å². The summed E-state index contributed by atoms with van der Waals surface area (Å²) in [4.78, 5) is 16.6. The summed E-state index contributed by atoms with van der Waals surface area (Å²) in [6.07, 6.45) is 1.47. The van der Waals surface area contributed by atoms with E-state index in [2.05, 4.69) is 39.9 Å². The van der Waals surface area contributed by atoms with Gasteiger partial charge in [0.2, 0.25) is 0 Å². The minimum Gasteiger partial charge on any atom is -0.459 e. The van der Waals surface area contributed by atoms with Gasteiger partial charge in [-0.3, -0.25) is 4.79 Å². The predicted octanol–water partition coefficient (Wildman–Crippen LogP) is 4.52. The van der Waals surface area contributed by atoms with Crippen LogP contribution in [0, 0.1) is 0 Å². The summed E-state index contributed by atoms with van der Waals surface area (Å²) < 4.78 is 10.4. The zero-order valence-corrected chi connectivity index (χ0v) is 20.2. The molecule has 0 radical (unpaired) electrons. The fraction of sp³-hybridized carbons (Fsp3) is 0.318. The Morgan fingerprint density at radius 1 is 1.16 bits per heavy atom. The summed E-state index contributed by atoms with van der Waals surface area (Å²) in [5.74, 6) is 1.78. The van der Waals surface area contributed by atoms with Gasteiger partial charge in [-0.2, -0.15) is 0 Å². The van der Waals surface area contributed by atoms with Crippen LogP contribution in [0.3, 0.4) is 0 Å². The number of benzene rings is 1. The third-order valence-electron chi connectivity index (χ3n) is 4.32. The van der Waals surface area contributed by atoms with Crippen molar-refractivity contribution in [3.8, 4) is 0 Å². The number of furan rings is 1. The van der Waals surface area contributed by atoms with Gasteiger partial charge in [0.25, 0.3) is 5.91 Å². The van der Waals surface area contributed by atoms with Crippen LogP contribution in [0.2, 0.25) is 0 Å². The van der Waals surface area contributed by atoms with Gasteiger partial charge in [0, 0.05) is 18.3 Å². The molecule has 0 aliphatic rings. The van der Waals surface area contributed by atoms with Gasteiger partial charge in [-0.25, -0.2) is 4.99 Å². The summed E-state index contributed by atoms with van der Waals surface area (Å²) in [6, 6.07) is 12.8. The number of carbonyl (C=O) groups excluding carboxylic acids is 1. The molecule has 3 rings (SSSR count). The van der Waals surface area contributed by atoms with Crippen LogP contribution < -0.4 is 16.0 Å². The second-order valence-corrected chi connectivity index (χ2v) is 7.05. The summed E-state index contributed by atoms with van der Waals surface area (Å²) in [5, 5.41) is 13.3. The van der Waals surface area contributed by atoms with E-state index < -0.39 is 0 Å². The number of rotatable bonds is 8. The van der Waals surface area contributed by atoms with Crippen LogP contribution in [0.1, 0.15) is 54.3 Å². The van der Waals surface area contributed by atoms with Crippen molar-refractivity contribution in [2.45, 2.75) is 39.8 Å². The third kappa shape index (κ3) is 7.42. The van der Waals surface area contributed by atoms with Gasteiger partial charge in [-0.15, -0.1) is 24.0 Å². The molecule has 9 heteroatoms. The highest BCUT2D eigenvalue weighted by atomic mass is 127. The Labute approximate surface area is 198 Å². The van der Waals surface area contributed by atoms with E-state index in [0.29, 0.717) is 30.7 Å². The molecule has 0 fully saturated rings. The van der Waals surface area contributed by atoms with Gasteiger partial charge in [-0.1, -0.05) is 31.1 Å². The van der Waals surface area contributed by atoms with Crippen molar-refractivity contribution in [2.75, 3.05) is 11.9 Å². The number of hydrogen-bond donors (Lipinski definition) is 3. The Morgan fingerprint density at radius 2 is 1.94 bits per heavy atom. The number of halogens is 1. The molecule has 0 bridgehead atoms. The van der Waals surface area contributed by atoms with E-state index in [-0.39, 0.29) is 35.6 Å². The molecule has 0 aliphatic carbocycles. The van der Waals surface area contributed by atoms with Crippen molar-refractivity contribution < 1.29 is 13.7 Å². The maximum Gasteiger partial charge on any atom is 0.291 e. The summed E-state index contributed by atoms with van der Waals surface area (Å²) in [6.45, 7) is 7.91. The lowest BCUT2D eigenvalue weighted by atomic mass is 10.1. The predicted molar refractivity (Wildman–Crippen MR) is 131 cm³/mol. The molecule has 0 saturated carbocycles. The Balaban J connectivity index is 0.00000341. The summed E-state index contributed by atoms with van der Waals surface area (Å²) >= 11 is 0. The number of aliphatic imine (C=N–C) groups is 1. The molecule has 1 amide bonds. The van der Waals surface area contributed by atoms with E-state index in [0.717, 1.165) is 23.6 Å². The highest BCUT2D eigenvalue weighted by Crippen LogP contribution is 2.14. The molecule has 3 aromatic rings. The van der Waals surface area contributed by atoms with Crippen LogP contribution in [0.15, 0.2) is 62.7 Å². The van der Waals surface area contributed by atoms with Crippen LogP contribution in [-0.2, 0) is 13.1 Å². The Hall–Kier alpha value is -2.82. The number of nitrogens with one attached hydrogen (secondary N) is 3. The summed E-state index contributed by atoms with van der Waals surface area (Å²) in [7, 11) is 0. The molecular weight excluding hydrogens is 509 g/mol. The number of carbonyl (C=O) groups is 1. The maximum atomic E-state index is 12.0. The van der Waals surface area contributed by atoms with Gasteiger partial charge in [0.1, 0.15) is 0 Å². The molecule has 0 unspecified atom stereocenters. The first-order valence-corrected chi connectivity index (χ1v) is 9.96. The fourth-order valence-corrected chi connectivity index (χ4v) is 2.66. The number of anilines is 1. The lowest BCUT2D eigenvalue weighted by Crippen LogP contribution is -2.36. The molecule has 0 atom stereocenters. The minimum atomic E-state index is -0.280. The second kappa shape index (κ2) is 12.1. The molecule has 0 spiro atoms. The molecule has 0 saturated heterocycles. The average Bonchev–Trinajstić information content (AvgIpc) is 3.43. The zero-order chi connectivity index (χ0) is 21.3. The van der Waals surface area contributed by atoms with Crippen molar-refractivity contribution >= 4 is 41.5 Å². The molecule has 31 heavy (non-hydrogen) atoms. The van der Waals surface area contributed by atoms with Crippen LogP contribution in [-0.4, -0.2) is 23.6 Å². The highest BCUT2D eigenvalue weighted by Gasteiger charge is 2.09. The molecule has 2 heterocycles. The summed E-state index contributed by atoms with van der Waals surface area (Å²) in [5.41, 5.74) is 2.65. The lowest BCUT2D eigenvalue weighted by molar-refractivity contribution is 0.0996. The van der Waals surface area contributed by atoms with Crippen LogP contribution in [0.4, 0.5) is 5.69 Å². The topological polar surface area (TPSA) is 105 Å². The van der Waals surface area contributed by atoms with Crippen LogP contribution >= 0.6 is 24.0 Å². The molecule has 8 nitrogen and oxygen atoms in total. The fourth-order valence-electron chi connectivity index (χ4n) is 2.66. The first-order valence-electron chi connectivity index (χ1n) is 9.96. The van der Waals surface area contributed by atoms with Crippen LogP contribution in [0.25, 0.3) is 0 Å². The quantitative estimate of drug-likeness (QED) is 0.222. The normalized spacial score (nSPS) is 11.2. The van der Waals surface area contributed by atoms with Gasteiger partial charge in [0.05, 0.1) is 25.0 Å². The second-order valence-electron chi connectivity index (χ2n) is 7.05. The number of guanidine groups is 1. The lowest BCUT2D eigenvalue weighted by Gasteiger charge is -2.10. The van der Waals surface area contributed by atoms with Gasteiger partial charge in [0.15, 0.2) is 17.5 Å². The molecule has 1 aromatic carbocycles. The van der Waals surface area contributed by atoms with Gasteiger partial charge in [-0.05, 0) is 42.7 Å². The number of aromatic nitrogens is 1. The number of hydrogen-bond acceptors (Lipinski definition) is 5. The molecule has 166 valence electrons. The van der Waals surface area contributed by atoms with E-state index in [9.17, 15) is 4.79 Å². The van der Waals surface area contributed by atoms with Gasteiger partial charge >= 0.3 is 0 Å². The van der Waals surface area contributed by atoms with Crippen molar-refractivity contribution in [2.24, 2.45) is 4.99 Å².